The summed E-state index contributed by atoms with van der Waals surface area (Å²) in [6, 6.07) is 13.9. The van der Waals surface area contributed by atoms with E-state index in [4.69, 9.17) is 9.25 Å². The summed E-state index contributed by atoms with van der Waals surface area (Å²) < 4.78 is 5.30. The Bertz CT molecular complexity index is 502. The molecule has 17 heavy (non-hydrogen) atoms. The van der Waals surface area contributed by atoms with E-state index in [1.165, 1.54) is 5.56 Å². The Morgan fingerprint density at radius 2 is 1.94 bits per heavy atom. The molecule has 3 nitrogen and oxygen atoms in total. The minimum atomic E-state index is 0.0647. The predicted octanol–water partition coefficient (Wildman–Crippen LogP) is 3.54. The Labute approximate surface area is 99.7 Å². The van der Waals surface area contributed by atoms with Crippen LogP contribution >= 0.6 is 0 Å². The fraction of sp³-hybridized carbons (Fsp3) is 0.214. The lowest BCUT2D eigenvalue weighted by Crippen LogP contribution is -2.13. The van der Waals surface area contributed by atoms with Gasteiger partial charge in [0.15, 0.2) is 11.9 Å². The largest absolute Gasteiger partial charge is 0.463 e. The van der Waals surface area contributed by atoms with E-state index in [1.807, 2.05) is 30.3 Å². The Balaban J connectivity index is 1.76. The Hall–Kier alpha value is -2.03. The summed E-state index contributed by atoms with van der Waals surface area (Å²) in [5, 5.41) is 4.15. The van der Waals surface area contributed by atoms with Crippen molar-refractivity contribution in [1.29, 1.82) is 0 Å². The van der Waals surface area contributed by atoms with Crippen molar-refractivity contribution < 1.29 is 9.25 Å². The maximum Gasteiger partial charge on any atom is 0.152 e. The second-order valence-corrected chi connectivity index (χ2v) is 4.06. The van der Waals surface area contributed by atoms with Crippen LogP contribution in [0.3, 0.4) is 0 Å². The van der Waals surface area contributed by atoms with Gasteiger partial charge >= 0.3 is 0 Å². The molecule has 0 amide bonds. The van der Waals surface area contributed by atoms with Gasteiger partial charge in [-0.15, -0.1) is 0 Å². The Morgan fingerprint density at radius 1 is 1.06 bits per heavy atom. The average molecular weight is 227 g/mol. The SMILES string of the molecule is c1ccc(C2CCC(c3ccco3)=NO2)cc1. The van der Waals surface area contributed by atoms with E-state index in [1.54, 1.807) is 6.26 Å². The van der Waals surface area contributed by atoms with E-state index in [-0.39, 0.29) is 6.10 Å². The summed E-state index contributed by atoms with van der Waals surface area (Å²) in [6.07, 6.45) is 3.53. The van der Waals surface area contributed by atoms with Gasteiger partial charge in [0, 0.05) is 6.42 Å². The van der Waals surface area contributed by atoms with Crippen molar-refractivity contribution in [1.82, 2.24) is 0 Å². The van der Waals surface area contributed by atoms with Crippen LogP contribution in [0, 0.1) is 0 Å². The van der Waals surface area contributed by atoms with Gasteiger partial charge in [0.05, 0.1) is 6.26 Å². The number of oxime groups is 1. The van der Waals surface area contributed by atoms with E-state index < -0.39 is 0 Å². The molecule has 1 aliphatic rings. The quantitative estimate of drug-likeness (QED) is 0.786. The first kappa shape index (κ1) is 10.1. The minimum Gasteiger partial charge on any atom is -0.463 e. The molecule has 1 aromatic carbocycles. The maximum absolute atomic E-state index is 5.53. The van der Waals surface area contributed by atoms with E-state index >= 15 is 0 Å². The normalized spacial score (nSPS) is 19.5. The van der Waals surface area contributed by atoms with Crippen molar-refractivity contribution in [3.63, 3.8) is 0 Å². The third-order valence-electron chi connectivity index (χ3n) is 2.91. The number of hydrogen-bond acceptors (Lipinski definition) is 3. The third kappa shape index (κ3) is 2.09. The van der Waals surface area contributed by atoms with Gasteiger partial charge in [-0.1, -0.05) is 35.5 Å². The molecular weight excluding hydrogens is 214 g/mol. The zero-order valence-corrected chi connectivity index (χ0v) is 9.37. The molecule has 0 spiro atoms. The maximum atomic E-state index is 5.53. The molecule has 0 saturated heterocycles. The summed E-state index contributed by atoms with van der Waals surface area (Å²) in [6.45, 7) is 0. The first-order valence-corrected chi connectivity index (χ1v) is 5.75. The molecule has 86 valence electrons. The summed E-state index contributed by atoms with van der Waals surface area (Å²) in [4.78, 5) is 5.53. The van der Waals surface area contributed by atoms with Gasteiger partial charge in [0.1, 0.15) is 5.71 Å². The molecule has 0 bridgehead atoms. The van der Waals surface area contributed by atoms with Crippen molar-refractivity contribution in [3.05, 3.63) is 60.1 Å². The van der Waals surface area contributed by atoms with Gasteiger partial charge in [-0.05, 0) is 24.1 Å². The lowest BCUT2D eigenvalue weighted by Gasteiger charge is -2.20. The molecule has 2 heterocycles. The summed E-state index contributed by atoms with van der Waals surface area (Å²) in [7, 11) is 0. The molecule has 2 aromatic rings. The van der Waals surface area contributed by atoms with Gasteiger partial charge in [-0.2, -0.15) is 0 Å². The third-order valence-corrected chi connectivity index (χ3v) is 2.91. The second-order valence-electron chi connectivity index (χ2n) is 4.06. The molecule has 3 rings (SSSR count). The molecular formula is C14H13NO2. The standard InChI is InChI=1S/C14H13NO2/c1-2-5-11(6-3-1)13-9-8-12(15-17-13)14-7-4-10-16-14/h1-7,10,13H,8-9H2. The van der Waals surface area contributed by atoms with Gasteiger partial charge in [0.2, 0.25) is 0 Å². The van der Waals surface area contributed by atoms with Crippen LogP contribution in [0.5, 0.6) is 0 Å². The molecule has 1 unspecified atom stereocenters. The van der Waals surface area contributed by atoms with Gasteiger partial charge in [-0.25, -0.2) is 0 Å². The fourth-order valence-corrected chi connectivity index (χ4v) is 2.00. The minimum absolute atomic E-state index is 0.0647. The molecule has 0 aliphatic carbocycles. The highest BCUT2D eigenvalue weighted by molar-refractivity contribution is 5.98. The van der Waals surface area contributed by atoms with Crippen molar-refractivity contribution >= 4 is 5.71 Å². The van der Waals surface area contributed by atoms with Crippen LogP contribution in [0.4, 0.5) is 0 Å². The first-order chi connectivity index (χ1) is 8.43. The molecule has 3 heteroatoms. The molecule has 1 atom stereocenters. The molecule has 0 radical (unpaired) electrons. The van der Waals surface area contributed by atoms with E-state index in [0.29, 0.717) is 0 Å². The fourth-order valence-electron chi connectivity index (χ4n) is 2.00. The van der Waals surface area contributed by atoms with Gasteiger partial charge in [-0.3, -0.25) is 0 Å². The van der Waals surface area contributed by atoms with Crippen LogP contribution in [0.2, 0.25) is 0 Å². The molecule has 1 aromatic heterocycles. The van der Waals surface area contributed by atoms with Crippen LogP contribution in [-0.4, -0.2) is 5.71 Å². The van der Waals surface area contributed by atoms with Gasteiger partial charge < -0.3 is 9.25 Å². The summed E-state index contributed by atoms with van der Waals surface area (Å²) in [5.41, 5.74) is 2.07. The highest BCUT2D eigenvalue weighted by atomic mass is 16.6. The number of hydrogen-bond donors (Lipinski definition) is 0. The average Bonchev–Trinajstić information content (AvgIpc) is 2.94. The number of nitrogens with zero attached hydrogens (tertiary/aromatic N) is 1. The molecule has 0 fully saturated rings. The van der Waals surface area contributed by atoms with Crippen LogP contribution in [0.25, 0.3) is 0 Å². The van der Waals surface area contributed by atoms with Crippen molar-refractivity contribution in [3.8, 4) is 0 Å². The molecule has 0 N–H and O–H groups in total. The lowest BCUT2D eigenvalue weighted by atomic mass is 10.0. The molecule has 1 aliphatic heterocycles. The Morgan fingerprint density at radius 3 is 2.59 bits per heavy atom. The predicted molar refractivity (Wildman–Crippen MR) is 64.7 cm³/mol. The summed E-state index contributed by atoms with van der Waals surface area (Å²) in [5.74, 6) is 0.802. The van der Waals surface area contributed by atoms with Crippen LogP contribution in [-0.2, 0) is 4.84 Å². The Kier molecular flexibility index (Phi) is 2.66. The first-order valence-electron chi connectivity index (χ1n) is 5.75. The van der Waals surface area contributed by atoms with Crippen molar-refractivity contribution in [2.75, 3.05) is 0 Å². The monoisotopic (exact) mass is 227 g/mol. The van der Waals surface area contributed by atoms with E-state index in [9.17, 15) is 0 Å². The lowest BCUT2D eigenvalue weighted by molar-refractivity contribution is 0.0426. The van der Waals surface area contributed by atoms with E-state index in [0.717, 1.165) is 24.3 Å². The second kappa shape index (κ2) is 4.45. The number of rotatable bonds is 2. The number of furan rings is 1. The van der Waals surface area contributed by atoms with Crippen LogP contribution in [0.1, 0.15) is 30.3 Å². The smallest absolute Gasteiger partial charge is 0.152 e. The van der Waals surface area contributed by atoms with Crippen LogP contribution < -0.4 is 0 Å². The highest BCUT2D eigenvalue weighted by Gasteiger charge is 2.21. The number of benzene rings is 1. The highest BCUT2D eigenvalue weighted by Crippen LogP contribution is 2.28. The zero-order chi connectivity index (χ0) is 11.5. The van der Waals surface area contributed by atoms with Crippen molar-refractivity contribution in [2.24, 2.45) is 5.16 Å². The summed E-state index contributed by atoms with van der Waals surface area (Å²) >= 11 is 0. The van der Waals surface area contributed by atoms with Crippen molar-refractivity contribution in [2.45, 2.75) is 18.9 Å². The van der Waals surface area contributed by atoms with E-state index in [2.05, 4.69) is 17.3 Å². The van der Waals surface area contributed by atoms with Crippen LogP contribution in [0.15, 0.2) is 58.3 Å². The zero-order valence-electron chi connectivity index (χ0n) is 9.37. The molecule has 0 saturated carbocycles. The topological polar surface area (TPSA) is 34.7 Å². The van der Waals surface area contributed by atoms with Gasteiger partial charge in [0.25, 0.3) is 0 Å².